The Morgan fingerprint density at radius 3 is 2.57 bits per heavy atom. The van der Waals surface area contributed by atoms with E-state index in [-0.39, 0.29) is 22.9 Å². The molecule has 0 radical (unpaired) electrons. The topological polar surface area (TPSA) is 81.5 Å². The maximum absolute atomic E-state index is 12.5. The summed E-state index contributed by atoms with van der Waals surface area (Å²) in [6.45, 7) is 1.16. The molecule has 1 saturated heterocycles. The largest absolute Gasteiger partial charge is 0.342 e. The monoisotopic (exact) mass is 307 g/mol. The van der Waals surface area contributed by atoms with Gasteiger partial charge in [-0.2, -0.15) is 9.57 Å². The zero-order valence-electron chi connectivity index (χ0n) is 11.8. The summed E-state index contributed by atoms with van der Waals surface area (Å²) in [6.07, 6.45) is 1.92. The van der Waals surface area contributed by atoms with E-state index in [0.29, 0.717) is 13.1 Å². The number of benzene rings is 1. The molecule has 1 aliphatic heterocycles. The maximum Gasteiger partial charge on any atom is 0.244 e. The molecule has 6 nitrogen and oxygen atoms in total. The van der Waals surface area contributed by atoms with E-state index in [1.165, 1.54) is 19.2 Å². The number of amides is 1. The highest BCUT2D eigenvalue weighted by molar-refractivity contribution is 7.89. The molecule has 112 valence electrons. The predicted octanol–water partition coefficient (Wildman–Crippen LogP) is 0.801. The molecule has 0 atom stereocenters. The lowest BCUT2D eigenvalue weighted by atomic mass is 10.2. The number of nitriles is 1. The molecule has 1 aromatic carbocycles. The van der Waals surface area contributed by atoms with Crippen LogP contribution in [0.3, 0.4) is 0 Å². The molecule has 1 amide bonds. The third-order valence-electron chi connectivity index (χ3n) is 3.51. The van der Waals surface area contributed by atoms with Crippen LogP contribution < -0.4 is 0 Å². The molecule has 0 aliphatic carbocycles. The van der Waals surface area contributed by atoms with Crippen LogP contribution in [0, 0.1) is 11.3 Å². The Kier molecular flexibility index (Phi) is 4.60. The minimum Gasteiger partial charge on any atom is -0.342 e. The number of sulfonamides is 1. The van der Waals surface area contributed by atoms with Crippen LogP contribution in [-0.2, 0) is 14.8 Å². The van der Waals surface area contributed by atoms with Crippen molar-refractivity contribution in [2.75, 3.05) is 26.7 Å². The first-order chi connectivity index (χ1) is 9.96. The van der Waals surface area contributed by atoms with E-state index in [4.69, 9.17) is 5.26 Å². The molecule has 0 N–H and O–H groups in total. The van der Waals surface area contributed by atoms with Crippen molar-refractivity contribution in [1.29, 1.82) is 5.26 Å². The SMILES string of the molecule is CN(CC(=O)N1CCCC1)S(=O)(=O)c1ccccc1C#N. The van der Waals surface area contributed by atoms with E-state index >= 15 is 0 Å². The van der Waals surface area contributed by atoms with Gasteiger partial charge >= 0.3 is 0 Å². The van der Waals surface area contributed by atoms with Gasteiger partial charge in [-0.1, -0.05) is 12.1 Å². The lowest BCUT2D eigenvalue weighted by Crippen LogP contribution is -2.40. The second kappa shape index (κ2) is 6.24. The average molecular weight is 307 g/mol. The molecule has 1 aromatic rings. The van der Waals surface area contributed by atoms with Gasteiger partial charge in [-0.3, -0.25) is 4.79 Å². The van der Waals surface area contributed by atoms with Crippen LogP contribution in [0.4, 0.5) is 0 Å². The molecule has 1 aliphatic rings. The number of likely N-dealkylation sites (N-methyl/N-ethyl adjacent to an activating group) is 1. The summed E-state index contributed by atoms with van der Waals surface area (Å²) >= 11 is 0. The van der Waals surface area contributed by atoms with Crippen molar-refractivity contribution in [1.82, 2.24) is 9.21 Å². The van der Waals surface area contributed by atoms with E-state index in [1.807, 2.05) is 6.07 Å². The fourth-order valence-electron chi connectivity index (χ4n) is 2.29. The van der Waals surface area contributed by atoms with Crippen molar-refractivity contribution >= 4 is 15.9 Å². The zero-order valence-corrected chi connectivity index (χ0v) is 12.6. The molecule has 0 aromatic heterocycles. The first kappa shape index (κ1) is 15.5. The van der Waals surface area contributed by atoms with Gasteiger partial charge in [0.05, 0.1) is 17.0 Å². The van der Waals surface area contributed by atoms with E-state index in [9.17, 15) is 13.2 Å². The van der Waals surface area contributed by atoms with Crippen LogP contribution in [0.15, 0.2) is 29.2 Å². The number of nitrogens with zero attached hydrogens (tertiary/aromatic N) is 3. The number of rotatable bonds is 4. The normalized spacial score (nSPS) is 15.2. The molecule has 1 heterocycles. The second-order valence-electron chi connectivity index (χ2n) is 4.96. The van der Waals surface area contributed by atoms with Gasteiger partial charge in [-0.05, 0) is 25.0 Å². The number of hydrogen-bond acceptors (Lipinski definition) is 4. The van der Waals surface area contributed by atoms with Gasteiger partial charge in [-0.15, -0.1) is 0 Å². The summed E-state index contributed by atoms with van der Waals surface area (Å²) in [5.74, 6) is -0.201. The second-order valence-corrected chi connectivity index (χ2v) is 6.97. The van der Waals surface area contributed by atoms with Gasteiger partial charge in [0.25, 0.3) is 0 Å². The highest BCUT2D eigenvalue weighted by Crippen LogP contribution is 2.19. The van der Waals surface area contributed by atoms with Gasteiger partial charge in [0.15, 0.2) is 0 Å². The van der Waals surface area contributed by atoms with Crippen LogP contribution in [0.2, 0.25) is 0 Å². The number of carbonyl (C=O) groups excluding carboxylic acids is 1. The molecule has 0 saturated carbocycles. The number of hydrogen-bond donors (Lipinski definition) is 0. The van der Waals surface area contributed by atoms with E-state index in [0.717, 1.165) is 17.1 Å². The van der Waals surface area contributed by atoms with Gasteiger partial charge in [0, 0.05) is 20.1 Å². The third kappa shape index (κ3) is 3.23. The molecule has 21 heavy (non-hydrogen) atoms. The van der Waals surface area contributed by atoms with Gasteiger partial charge < -0.3 is 4.90 Å². The number of carbonyl (C=O) groups is 1. The Bertz CT molecular complexity index is 673. The summed E-state index contributed by atoms with van der Waals surface area (Å²) in [5, 5.41) is 9.01. The number of likely N-dealkylation sites (tertiary alicyclic amines) is 1. The Balaban J connectivity index is 2.19. The molecular formula is C14H17N3O3S. The van der Waals surface area contributed by atoms with E-state index in [1.54, 1.807) is 17.0 Å². The summed E-state index contributed by atoms with van der Waals surface area (Å²) < 4.78 is 25.9. The molecule has 2 rings (SSSR count). The minimum absolute atomic E-state index is 0.0655. The Morgan fingerprint density at radius 2 is 1.95 bits per heavy atom. The first-order valence-electron chi connectivity index (χ1n) is 6.70. The summed E-state index contributed by atoms with van der Waals surface area (Å²) in [7, 11) is -2.48. The smallest absolute Gasteiger partial charge is 0.244 e. The summed E-state index contributed by atoms with van der Waals surface area (Å²) in [6, 6.07) is 7.85. The predicted molar refractivity (Wildman–Crippen MR) is 76.8 cm³/mol. The molecule has 0 unspecified atom stereocenters. The van der Waals surface area contributed by atoms with Gasteiger partial charge in [-0.25, -0.2) is 8.42 Å². The Labute approximate surface area is 124 Å². The third-order valence-corrected chi connectivity index (χ3v) is 5.37. The average Bonchev–Trinajstić information content (AvgIpc) is 3.01. The molecule has 1 fully saturated rings. The quantitative estimate of drug-likeness (QED) is 0.824. The zero-order chi connectivity index (χ0) is 15.5. The Morgan fingerprint density at radius 1 is 1.33 bits per heavy atom. The summed E-state index contributed by atoms with van der Waals surface area (Å²) in [5.41, 5.74) is 0.0815. The van der Waals surface area contributed by atoms with Crippen LogP contribution >= 0.6 is 0 Å². The lowest BCUT2D eigenvalue weighted by Gasteiger charge is -2.21. The van der Waals surface area contributed by atoms with Crippen molar-refractivity contribution in [3.05, 3.63) is 29.8 Å². The van der Waals surface area contributed by atoms with Crippen LogP contribution in [-0.4, -0.2) is 50.2 Å². The van der Waals surface area contributed by atoms with Crippen molar-refractivity contribution in [2.24, 2.45) is 0 Å². The molecular weight excluding hydrogens is 290 g/mol. The first-order valence-corrected chi connectivity index (χ1v) is 8.14. The molecule has 7 heteroatoms. The minimum atomic E-state index is -3.84. The van der Waals surface area contributed by atoms with E-state index < -0.39 is 10.0 Å². The standard InChI is InChI=1S/C14H17N3O3S/c1-16(11-14(18)17-8-4-5-9-17)21(19,20)13-7-3-2-6-12(13)10-15/h2-3,6-7H,4-5,8-9,11H2,1H3. The lowest BCUT2D eigenvalue weighted by molar-refractivity contribution is -0.130. The van der Waals surface area contributed by atoms with E-state index in [2.05, 4.69) is 0 Å². The Hall–Kier alpha value is -1.91. The molecule has 0 spiro atoms. The fraction of sp³-hybridized carbons (Fsp3) is 0.429. The van der Waals surface area contributed by atoms with Crippen molar-refractivity contribution in [2.45, 2.75) is 17.7 Å². The highest BCUT2D eigenvalue weighted by atomic mass is 32.2. The highest BCUT2D eigenvalue weighted by Gasteiger charge is 2.28. The van der Waals surface area contributed by atoms with Crippen LogP contribution in [0.1, 0.15) is 18.4 Å². The van der Waals surface area contributed by atoms with Crippen molar-refractivity contribution < 1.29 is 13.2 Å². The van der Waals surface area contributed by atoms with Crippen LogP contribution in [0.25, 0.3) is 0 Å². The van der Waals surface area contributed by atoms with Crippen molar-refractivity contribution in [3.63, 3.8) is 0 Å². The maximum atomic E-state index is 12.5. The van der Waals surface area contributed by atoms with Gasteiger partial charge in [0.2, 0.25) is 15.9 Å². The summed E-state index contributed by atoms with van der Waals surface area (Å²) in [4.78, 5) is 13.6. The van der Waals surface area contributed by atoms with Crippen LogP contribution in [0.5, 0.6) is 0 Å². The van der Waals surface area contributed by atoms with Gasteiger partial charge in [0.1, 0.15) is 6.07 Å². The fourth-order valence-corrected chi connectivity index (χ4v) is 3.55. The molecule has 0 bridgehead atoms. The van der Waals surface area contributed by atoms with Crippen molar-refractivity contribution in [3.8, 4) is 6.07 Å².